The van der Waals surface area contributed by atoms with Gasteiger partial charge in [-0.3, -0.25) is 0 Å². The first kappa shape index (κ1) is 11.8. The summed E-state index contributed by atoms with van der Waals surface area (Å²) < 4.78 is 0. The molecule has 0 bridgehead atoms. The number of aliphatic hydroxyl groups excluding tert-OH is 4. The Morgan fingerprint density at radius 1 is 1.29 bits per heavy atom. The fraction of sp³-hybridized carbons (Fsp3) is 1.00. The molecule has 6 nitrogen and oxygen atoms in total. The highest BCUT2D eigenvalue weighted by Crippen LogP contribution is 2.23. The van der Waals surface area contributed by atoms with Crippen molar-refractivity contribution in [1.29, 1.82) is 0 Å². The van der Waals surface area contributed by atoms with Gasteiger partial charge in [0.1, 0.15) is 12.2 Å². The highest BCUT2D eigenvalue weighted by molar-refractivity contribution is 5.07. The Kier molecular flexibility index (Phi) is 3.46. The quantitative estimate of drug-likeness (QED) is 0.282. The SMILES string of the molecule is C[C@@H]1N[C@](CN)(CO)[C@@H](O)[C@H](O)[C@@H]1O. The average Bonchev–Trinajstić information content (AvgIpc) is 2.21. The van der Waals surface area contributed by atoms with Crippen LogP contribution >= 0.6 is 0 Å². The molecule has 14 heavy (non-hydrogen) atoms. The first-order valence-electron chi connectivity index (χ1n) is 4.61. The Hall–Kier alpha value is -0.240. The zero-order valence-corrected chi connectivity index (χ0v) is 8.09. The lowest BCUT2D eigenvalue weighted by atomic mass is 9.80. The predicted molar refractivity (Wildman–Crippen MR) is 49.5 cm³/mol. The first-order chi connectivity index (χ1) is 6.48. The van der Waals surface area contributed by atoms with Gasteiger partial charge in [0.05, 0.1) is 18.2 Å². The van der Waals surface area contributed by atoms with Gasteiger partial charge < -0.3 is 31.5 Å². The minimum absolute atomic E-state index is 0.0151. The number of piperidine rings is 1. The van der Waals surface area contributed by atoms with Gasteiger partial charge in [-0.1, -0.05) is 0 Å². The summed E-state index contributed by atoms with van der Waals surface area (Å²) in [7, 11) is 0. The minimum Gasteiger partial charge on any atom is -0.394 e. The molecule has 5 atom stereocenters. The number of aliphatic hydroxyl groups is 4. The summed E-state index contributed by atoms with van der Waals surface area (Å²) in [5, 5.41) is 40.6. The molecule has 1 heterocycles. The number of nitrogens with one attached hydrogen (secondary N) is 1. The molecule has 0 unspecified atom stereocenters. The lowest BCUT2D eigenvalue weighted by Crippen LogP contribution is -2.75. The van der Waals surface area contributed by atoms with Crippen molar-refractivity contribution in [3.8, 4) is 0 Å². The van der Waals surface area contributed by atoms with Crippen LogP contribution in [-0.2, 0) is 0 Å². The molecule has 0 amide bonds. The van der Waals surface area contributed by atoms with Gasteiger partial charge in [-0.25, -0.2) is 0 Å². The standard InChI is InChI=1S/C8H18N2O4/c1-4-5(12)6(13)7(14)8(2-9,3-11)10-4/h4-7,10-14H,2-3,9H2,1H3/t4-,5+,6+,7-,8+/m0/s1. The Morgan fingerprint density at radius 3 is 2.29 bits per heavy atom. The van der Waals surface area contributed by atoms with Crippen molar-refractivity contribution in [2.45, 2.75) is 36.8 Å². The van der Waals surface area contributed by atoms with Crippen molar-refractivity contribution in [3.05, 3.63) is 0 Å². The molecule has 6 heteroatoms. The largest absolute Gasteiger partial charge is 0.394 e. The van der Waals surface area contributed by atoms with Gasteiger partial charge >= 0.3 is 0 Å². The fourth-order valence-electron chi connectivity index (χ4n) is 1.82. The van der Waals surface area contributed by atoms with Crippen LogP contribution in [0.1, 0.15) is 6.92 Å². The zero-order chi connectivity index (χ0) is 10.9. The highest BCUT2D eigenvalue weighted by Gasteiger charge is 2.49. The van der Waals surface area contributed by atoms with E-state index in [-0.39, 0.29) is 6.54 Å². The molecule has 0 aromatic carbocycles. The van der Waals surface area contributed by atoms with E-state index < -0.39 is 36.5 Å². The van der Waals surface area contributed by atoms with Crippen molar-refractivity contribution in [3.63, 3.8) is 0 Å². The van der Waals surface area contributed by atoms with Crippen molar-refractivity contribution >= 4 is 0 Å². The third-order valence-electron chi connectivity index (χ3n) is 2.91. The van der Waals surface area contributed by atoms with E-state index >= 15 is 0 Å². The van der Waals surface area contributed by atoms with Gasteiger partial charge in [-0.05, 0) is 6.92 Å². The first-order valence-corrected chi connectivity index (χ1v) is 4.61. The molecule has 0 saturated carbocycles. The third-order valence-corrected chi connectivity index (χ3v) is 2.91. The smallest absolute Gasteiger partial charge is 0.109 e. The van der Waals surface area contributed by atoms with Crippen LogP contribution in [0.25, 0.3) is 0 Å². The summed E-state index contributed by atoms with van der Waals surface area (Å²) in [6, 6.07) is -0.427. The van der Waals surface area contributed by atoms with Gasteiger partial charge in [0.15, 0.2) is 0 Å². The lowest BCUT2D eigenvalue weighted by molar-refractivity contribution is -0.145. The zero-order valence-electron chi connectivity index (χ0n) is 8.09. The highest BCUT2D eigenvalue weighted by atomic mass is 16.4. The second-order valence-corrected chi connectivity index (χ2v) is 3.88. The summed E-state index contributed by atoms with van der Waals surface area (Å²) in [6.45, 7) is 1.25. The number of hydrogen-bond acceptors (Lipinski definition) is 6. The van der Waals surface area contributed by atoms with Crippen molar-refractivity contribution in [2.75, 3.05) is 13.2 Å². The summed E-state index contributed by atoms with van der Waals surface area (Å²) in [6.07, 6.45) is -3.62. The van der Waals surface area contributed by atoms with E-state index in [1.807, 2.05) is 0 Å². The van der Waals surface area contributed by atoms with E-state index in [0.717, 1.165) is 0 Å². The lowest BCUT2D eigenvalue weighted by Gasteiger charge is -2.47. The molecule has 0 spiro atoms. The van der Waals surface area contributed by atoms with Gasteiger partial charge in [-0.15, -0.1) is 0 Å². The van der Waals surface area contributed by atoms with Crippen molar-refractivity contribution < 1.29 is 20.4 Å². The van der Waals surface area contributed by atoms with Crippen LogP contribution in [0.2, 0.25) is 0 Å². The van der Waals surface area contributed by atoms with Crippen LogP contribution < -0.4 is 11.1 Å². The number of hydrogen-bond donors (Lipinski definition) is 6. The normalized spacial score (nSPS) is 49.3. The average molecular weight is 206 g/mol. The number of rotatable bonds is 2. The van der Waals surface area contributed by atoms with Gasteiger partial charge in [0.25, 0.3) is 0 Å². The maximum atomic E-state index is 9.66. The molecule has 1 aliphatic heterocycles. The Balaban J connectivity index is 2.88. The fourth-order valence-corrected chi connectivity index (χ4v) is 1.82. The topological polar surface area (TPSA) is 119 Å². The molecular formula is C8H18N2O4. The Labute approximate surface area is 82.4 Å². The molecule has 0 radical (unpaired) electrons. The van der Waals surface area contributed by atoms with Crippen molar-refractivity contribution in [2.24, 2.45) is 5.73 Å². The molecule has 0 aromatic rings. The van der Waals surface area contributed by atoms with Crippen LogP contribution in [-0.4, -0.2) is 63.5 Å². The van der Waals surface area contributed by atoms with E-state index in [9.17, 15) is 15.3 Å². The molecule has 1 rings (SSSR count). The summed E-state index contributed by atoms with van der Waals surface area (Å²) in [5.41, 5.74) is 4.31. The molecule has 0 aliphatic carbocycles. The summed E-state index contributed by atoms with van der Waals surface area (Å²) >= 11 is 0. The van der Waals surface area contributed by atoms with E-state index in [2.05, 4.69) is 5.32 Å². The van der Waals surface area contributed by atoms with Gasteiger partial charge in [0.2, 0.25) is 0 Å². The van der Waals surface area contributed by atoms with Crippen LogP contribution in [0, 0.1) is 0 Å². The van der Waals surface area contributed by atoms with Crippen LogP contribution in [0.3, 0.4) is 0 Å². The molecular weight excluding hydrogens is 188 g/mol. The molecule has 84 valence electrons. The van der Waals surface area contributed by atoms with E-state index in [4.69, 9.17) is 10.8 Å². The van der Waals surface area contributed by atoms with Gasteiger partial charge in [-0.2, -0.15) is 0 Å². The second-order valence-electron chi connectivity index (χ2n) is 3.88. The van der Waals surface area contributed by atoms with Crippen LogP contribution in [0.4, 0.5) is 0 Å². The third kappa shape index (κ3) is 1.65. The maximum Gasteiger partial charge on any atom is 0.109 e. The minimum atomic E-state index is -1.29. The molecule has 7 N–H and O–H groups in total. The summed E-state index contributed by atoms with van der Waals surface area (Å²) in [4.78, 5) is 0. The molecule has 1 aliphatic rings. The number of nitrogens with two attached hydrogens (primary N) is 1. The monoisotopic (exact) mass is 206 g/mol. The molecule has 1 fully saturated rings. The maximum absolute atomic E-state index is 9.66. The Bertz CT molecular complexity index is 198. The predicted octanol–water partition coefficient (Wildman–Crippen LogP) is -3.25. The van der Waals surface area contributed by atoms with Crippen LogP contribution in [0.15, 0.2) is 0 Å². The summed E-state index contributed by atoms with van der Waals surface area (Å²) in [5.74, 6) is 0. The molecule has 0 aromatic heterocycles. The van der Waals surface area contributed by atoms with Gasteiger partial charge in [0, 0.05) is 12.6 Å². The Morgan fingerprint density at radius 2 is 1.86 bits per heavy atom. The van der Waals surface area contributed by atoms with E-state index in [0.29, 0.717) is 0 Å². The van der Waals surface area contributed by atoms with E-state index in [1.165, 1.54) is 0 Å². The molecule has 1 saturated heterocycles. The van der Waals surface area contributed by atoms with Crippen LogP contribution in [0.5, 0.6) is 0 Å². The van der Waals surface area contributed by atoms with E-state index in [1.54, 1.807) is 6.92 Å². The van der Waals surface area contributed by atoms with Crippen molar-refractivity contribution in [1.82, 2.24) is 5.32 Å². The second kappa shape index (κ2) is 4.09.